The zero-order chi connectivity index (χ0) is 28.4. The van der Waals surface area contributed by atoms with E-state index < -0.39 is 16.1 Å². The van der Waals surface area contributed by atoms with Gasteiger partial charge in [-0.15, -0.1) is 0 Å². The molecule has 3 rings (SSSR count). The van der Waals surface area contributed by atoms with Crippen molar-refractivity contribution in [2.45, 2.75) is 58.5 Å². The van der Waals surface area contributed by atoms with E-state index in [0.29, 0.717) is 48.9 Å². The maximum absolute atomic E-state index is 13.5. The highest BCUT2D eigenvalue weighted by Gasteiger charge is 2.29. The number of nitrogens with one attached hydrogen (secondary N) is 1. The summed E-state index contributed by atoms with van der Waals surface area (Å²) in [6.45, 7) is 5.38. The third-order valence-corrected chi connectivity index (χ3v) is 7.64. The molecule has 1 N–H and O–H groups in total. The van der Waals surface area contributed by atoms with Crippen LogP contribution in [0.3, 0.4) is 0 Å². The monoisotopic (exact) mass is 563 g/mol. The van der Waals surface area contributed by atoms with Gasteiger partial charge in [-0.2, -0.15) is 0 Å². The first-order valence-electron chi connectivity index (χ1n) is 13.3. The molecule has 9 nitrogen and oxygen atoms in total. The van der Waals surface area contributed by atoms with Gasteiger partial charge in [-0.05, 0) is 49.1 Å². The molecule has 1 aliphatic heterocycles. The van der Waals surface area contributed by atoms with E-state index in [1.807, 2.05) is 13.8 Å². The fourth-order valence-electron chi connectivity index (χ4n) is 4.40. The van der Waals surface area contributed by atoms with Crippen LogP contribution in [0.15, 0.2) is 42.5 Å². The summed E-state index contributed by atoms with van der Waals surface area (Å²) in [5.41, 5.74) is 1.11. The first-order chi connectivity index (χ1) is 18.6. The van der Waals surface area contributed by atoms with Crippen LogP contribution >= 0.6 is 0 Å². The van der Waals surface area contributed by atoms with E-state index in [0.717, 1.165) is 19.1 Å². The number of amides is 2. The van der Waals surface area contributed by atoms with Crippen molar-refractivity contribution in [1.82, 2.24) is 10.2 Å². The molecule has 0 unspecified atom stereocenters. The summed E-state index contributed by atoms with van der Waals surface area (Å²) < 4.78 is 51.1. The van der Waals surface area contributed by atoms with E-state index in [1.165, 1.54) is 21.3 Å². The molecule has 0 saturated carbocycles. The third-order valence-electron chi connectivity index (χ3n) is 6.45. The molecular weight excluding hydrogens is 525 g/mol. The molecular formula is C28H38FN3O6S. The van der Waals surface area contributed by atoms with E-state index in [9.17, 15) is 22.4 Å². The smallest absolute Gasteiger partial charge is 0.242 e. The van der Waals surface area contributed by atoms with Crippen LogP contribution in [-0.2, 0) is 26.2 Å². The maximum Gasteiger partial charge on any atom is 0.242 e. The Morgan fingerprint density at radius 1 is 1.03 bits per heavy atom. The van der Waals surface area contributed by atoms with Gasteiger partial charge in [-0.3, -0.25) is 13.9 Å². The Morgan fingerprint density at radius 3 is 2.36 bits per heavy atom. The lowest BCUT2D eigenvalue weighted by atomic mass is 10.1. The molecule has 0 bridgehead atoms. The number of hydrogen-bond donors (Lipinski definition) is 1. The molecule has 0 fully saturated rings. The quantitative estimate of drug-likeness (QED) is 0.350. The van der Waals surface area contributed by atoms with Gasteiger partial charge in [-0.25, -0.2) is 12.8 Å². The summed E-state index contributed by atoms with van der Waals surface area (Å²) in [4.78, 5) is 28.0. The highest BCUT2D eigenvalue weighted by molar-refractivity contribution is 7.92. The molecule has 0 saturated heterocycles. The van der Waals surface area contributed by atoms with Crippen molar-refractivity contribution in [3.05, 3.63) is 53.8 Å². The van der Waals surface area contributed by atoms with Crippen LogP contribution in [0.4, 0.5) is 10.1 Å². The van der Waals surface area contributed by atoms with Gasteiger partial charge < -0.3 is 19.7 Å². The number of benzene rings is 2. The van der Waals surface area contributed by atoms with Crippen LogP contribution < -0.4 is 19.1 Å². The summed E-state index contributed by atoms with van der Waals surface area (Å²) >= 11 is 0. The summed E-state index contributed by atoms with van der Waals surface area (Å²) in [6.07, 6.45) is 3.52. The van der Waals surface area contributed by atoms with Crippen molar-refractivity contribution in [3.8, 4) is 11.5 Å². The Morgan fingerprint density at radius 2 is 1.72 bits per heavy atom. The Labute approximate surface area is 230 Å². The number of carbonyl (C=O) groups is 2. The van der Waals surface area contributed by atoms with Gasteiger partial charge in [0.25, 0.3) is 0 Å². The minimum Gasteiger partial charge on any atom is -0.486 e. The summed E-state index contributed by atoms with van der Waals surface area (Å²) in [5.74, 6) is 0.102. The molecule has 1 aliphatic rings. The number of unbranched alkanes of at least 4 members (excludes halogenated alkanes) is 1. The highest BCUT2D eigenvalue weighted by atomic mass is 32.2. The van der Waals surface area contributed by atoms with Crippen LogP contribution in [0, 0.1) is 5.82 Å². The predicted octanol–water partition coefficient (Wildman–Crippen LogP) is 3.87. The van der Waals surface area contributed by atoms with Gasteiger partial charge >= 0.3 is 0 Å². The van der Waals surface area contributed by atoms with Crippen LogP contribution in [0.2, 0.25) is 0 Å². The first kappa shape index (κ1) is 30.2. The molecule has 1 heterocycles. The van der Waals surface area contributed by atoms with Gasteiger partial charge in [0, 0.05) is 32.1 Å². The van der Waals surface area contributed by atoms with Crippen molar-refractivity contribution >= 4 is 27.5 Å². The van der Waals surface area contributed by atoms with Crippen LogP contribution in [0.1, 0.15) is 51.5 Å². The van der Waals surface area contributed by atoms with E-state index in [2.05, 4.69) is 5.32 Å². The number of ether oxygens (including phenoxy) is 2. The maximum atomic E-state index is 13.5. The second kappa shape index (κ2) is 14.2. The van der Waals surface area contributed by atoms with Crippen molar-refractivity contribution in [2.75, 3.05) is 36.9 Å². The molecule has 214 valence electrons. The van der Waals surface area contributed by atoms with Crippen molar-refractivity contribution in [1.29, 1.82) is 0 Å². The third kappa shape index (κ3) is 8.58. The van der Waals surface area contributed by atoms with Crippen molar-refractivity contribution in [2.24, 2.45) is 0 Å². The zero-order valence-corrected chi connectivity index (χ0v) is 23.6. The number of rotatable bonds is 14. The second-order valence-electron chi connectivity index (χ2n) is 9.48. The average Bonchev–Trinajstić information content (AvgIpc) is 2.91. The fraction of sp³-hybridized carbons (Fsp3) is 0.500. The van der Waals surface area contributed by atoms with Gasteiger partial charge in [0.05, 0.1) is 11.9 Å². The average molecular weight is 564 g/mol. The number of carbonyl (C=O) groups excluding carboxylic acids is 2. The standard InChI is InChI=1S/C28H38FN3O6S/c1-4-6-15-30-28(34)24(5-2)31(20-21-9-11-22(29)12-10-21)27(33)8-7-16-32(39(3,35)36)23-13-14-25-26(19-23)38-18-17-37-25/h9-14,19,24H,4-8,15-18,20H2,1-3H3,(H,30,34)/t24-/m1/s1. The van der Waals surface area contributed by atoms with Gasteiger partial charge in [0.15, 0.2) is 11.5 Å². The molecule has 39 heavy (non-hydrogen) atoms. The minimum absolute atomic E-state index is 0.0243. The molecule has 1 atom stereocenters. The van der Waals surface area contributed by atoms with Gasteiger partial charge in [0.1, 0.15) is 25.1 Å². The zero-order valence-electron chi connectivity index (χ0n) is 22.8. The number of sulfonamides is 1. The molecule has 0 aliphatic carbocycles. The summed E-state index contributed by atoms with van der Waals surface area (Å²) in [5, 5.41) is 2.90. The van der Waals surface area contributed by atoms with Gasteiger partial charge in [0.2, 0.25) is 21.8 Å². The lowest BCUT2D eigenvalue weighted by molar-refractivity contribution is -0.141. The number of halogens is 1. The number of nitrogens with zero attached hydrogens (tertiary/aromatic N) is 2. The minimum atomic E-state index is -3.65. The number of fused-ring (bicyclic) bond motifs is 1. The molecule has 0 radical (unpaired) electrons. The fourth-order valence-corrected chi connectivity index (χ4v) is 5.36. The molecule has 11 heteroatoms. The molecule has 2 aromatic carbocycles. The summed E-state index contributed by atoms with van der Waals surface area (Å²) in [7, 11) is -3.65. The molecule has 2 aromatic rings. The van der Waals surface area contributed by atoms with E-state index >= 15 is 0 Å². The Balaban J connectivity index is 1.74. The van der Waals surface area contributed by atoms with Crippen molar-refractivity contribution in [3.63, 3.8) is 0 Å². The SMILES string of the molecule is CCCCNC(=O)[C@@H](CC)N(Cc1ccc(F)cc1)C(=O)CCCN(c1ccc2c(c1)OCCO2)S(C)(=O)=O. The van der Waals surface area contributed by atoms with Crippen LogP contribution in [-0.4, -0.2) is 63.7 Å². The lowest BCUT2D eigenvalue weighted by Crippen LogP contribution is -2.49. The van der Waals surface area contributed by atoms with Crippen LogP contribution in [0.5, 0.6) is 11.5 Å². The first-order valence-corrected chi connectivity index (χ1v) is 15.2. The van der Waals surface area contributed by atoms with E-state index in [1.54, 1.807) is 30.3 Å². The predicted molar refractivity (Wildman–Crippen MR) is 148 cm³/mol. The highest BCUT2D eigenvalue weighted by Crippen LogP contribution is 2.34. The van der Waals surface area contributed by atoms with Gasteiger partial charge in [-0.1, -0.05) is 32.4 Å². The number of hydrogen-bond acceptors (Lipinski definition) is 6. The Bertz CT molecular complexity index is 1220. The largest absolute Gasteiger partial charge is 0.486 e. The molecule has 0 aromatic heterocycles. The van der Waals surface area contributed by atoms with Crippen molar-refractivity contribution < 1.29 is 31.9 Å². The topological polar surface area (TPSA) is 105 Å². The summed E-state index contributed by atoms with van der Waals surface area (Å²) in [6, 6.07) is 10.0. The Hall–Kier alpha value is -3.34. The molecule has 0 spiro atoms. The normalized spacial score (nSPS) is 13.4. The molecule has 2 amide bonds. The van der Waals surface area contributed by atoms with Crippen LogP contribution in [0.25, 0.3) is 0 Å². The van der Waals surface area contributed by atoms with E-state index in [-0.39, 0.29) is 43.6 Å². The Kier molecular flexibility index (Phi) is 11.0. The number of anilines is 1. The van der Waals surface area contributed by atoms with E-state index in [4.69, 9.17) is 9.47 Å². The lowest BCUT2D eigenvalue weighted by Gasteiger charge is -2.31. The second-order valence-corrected chi connectivity index (χ2v) is 11.4.